The molecule has 0 bridgehead atoms. The van der Waals surface area contributed by atoms with Crippen LogP contribution in [0.3, 0.4) is 0 Å². The SMILES string of the molecule is CN=C(NCCCOCC1CCOCC1)NCC(C)C(=O)OC. The van der Waals surface area contributed by atoms with E-state index in [1.807, 2.05) is 6.92 Å². The number of aliphatic imine (C=N–C) groups is 1. The van der Waals surface area contributed by atoms with Crippen LogP contribution in [0.2, 0.25) is 0 Å². The van der Waals surface area contributed by atoms with Gasteiger partial charge in [-0.05, 0) is 25.2 Å². The second-order valence-corrected chi connectivity index (χ2v) is 5.79. The smallest absolute Gasteiger partial charge is 0.310 e. The minimum atomic E-state index is -0.227. The zero-order valence-electron chi connectivity index (χ0n) is 14.6. The van der Waals surface area contributed by atoms with Gasteiger partial charge in [0, 0.05) is 46.6 Å². The van der Waals surface area contributed by atoms with Gasteiger partial charge in [0.25, 0.3) is 0 Å². The molecular weight excluding hydrogens is 298 g/mol. The van der Waals surface area contributed by atoms with E-state index in [-0.39, 0.29) is 11.9 Å². The summed E-state index contributed by atoms with van der Waals surface area (Å²) in [7, 11) is 3.10. The van der Waals surface area contributed by atoms with E-state index >= 15 is 0 Å². The largest absolute Gasteiger partial charge is 0.469 e. The molecule has 0 spiro atoms. The lowest BCUT2D eigenvalue weighted by atomic mass is 10.0. The molecule has 7 nitrogen and oxygen atoms in total. The second kappa shape index (κ2) is 12.1. The first-order valence-corrected chi connectivity index (χ1v) is 8.35. The predicted octanol–water partition coefficient (Wildman–Crippen LogP) is 0.794. The summed E-state index contributed by atoms with van der Waals surface area (Å²) in [6, 6.07) is 0. The Balaban J connectivity index is 2.02. The van der Waals surface area contributed by atoms with Gasteiger partial charge in [0.15, 0.2) is 5.96 Å². The molecule has 0 radical (unpaired) electrons. The van der Waals surface area contributed by atoms with Gasteiger partial charge in [0.05, 0.1) is 13.0 Å². The summed E-state index contributed by atoms with van der Waals surface area (Å²) in [6.45, 7) is 6.37. The summed E-state index contributed by atoms with van der Waals surface area (Å²) in [5, 5.41) is 6.32. The molecule has 1 aliphatic rings. The van der Waals surface area contributed by atoms with E-state index in [9.17, 15) is 4.79 Å². The van der Waals surface area contributed by atoms with Gasteiger partial charge in [-0.25, -0.2) is 0 Å². The number of guanidine groups is 1. The molecule has 0 aromatic rings. The van der Waals surface area contributed by atoms with Gasteiger partial charge in [0.1, 0.15) is 0 Å². The van der Waals surface area contributed by atoms with Gasteiger partial charge in [0.2, 0.25) is 0 Å². The Labute approximate surface area is 139 Å². The number of rotatable bonds is 9. The topological polar surface area (TPSA) is 81.2 Å². The minimum absolute atomic E-state index is 0.207. The fourth-order valence-corrected chi connectivity index (χ4v) is 2.30. The third kappa shape index (κ3) is 8.76. The van der Waals surface area contributed by atoms with E-state index in [1.165, 1.54) is 7.11 Å². The molecule has 1 saturated heterocycles. The number of methoxy groups -OCH3 is 1. The van der Waals surface area contributed by atoms with Crippen molar-refractivity contribution in [1.29, 1.82) is 0 Å². The van der Waals surface area contributed by atoms with Crippen LogP contribution in [0.15, 0.2) is 4.99 Å². The van der Waals surface area contributed by atoms with Gasteiger partial charge in [-0.1, -0.05) is 6.92 Å². The number of nitrogens with zero attached hydrogens (tertiary/aromatic N) is 1. The van der Waals surface area contributed by atoms with Gasteiger partial charge in [-0.15, -0.1) is 0 Å². The number of esters is 1. The maximum atomic E-state index is 11.3. The Morgan fingerprint density at radius 1 is 1.35 bits per heavy atom. The monoisotopic (exact) mass is 329 g/mol. The first-order chi connectivity index (χ1) is 11.2. The normalized spacial score (nSPS) is 17.6. The van der Waals surface area contributed by atoms with Crippen molar-refractivity contribution in [3.8, 4) is 0 Å². The molecule has 1 unspecified atom stereocenters. The number of carbonyl (C=O) groups excluding carboxylic acids is 1. The van der Waals surface area contributed by atoms with Crippen LogP contribution in [0.25, 0.3) is 0 Å². The van der Waals surface area contributed by atoms with E-state index < -0.39 is 0 Å². The van der Waals surface area contributed by atoms with Crippen LogP contribution >= 0.6 is 0 Å². The maximum absolute atomic E-state index is 11.3. The molecular formula is C16H31N3O4. The first kappa shape index (κ1) is 19.7. The van der Waals surface area contributed by atoms with Crippen molar-refractivity contribution in [2.75, 3.05) is 53.7 Å². The molecule has 1 atom stereocenters. The molecule has 1 rings (SSSR count). The van der Waals surface area contributed by atoms with Crippen molar-refractivity contribution in [1.82, 2.24) is 10.6 Å². The zero-order chi connectivity index (χ0) is 16.9. The second-order valence-electron chi connectivity index (χ2n) is 5.79. The summed E-state index contributed by atoms with van der Waals surface area (Å²) in [5.74, 6) is 0.895. The van der Waals surface area contributed by atoms with Crippen molar-refractivity contribution in [2.24, 2.45) is 16.8 Å². The third-order valence-electron chi connectivity index (χ3n) is 3.86. The first-order valence-electron chi connectivity index (χ1n) is 8.35. The molecule has 2 N–H and O–H groups in total. The van der Waals surface area contributed by atoms with E-state index in [0.29, 0.717) is 18.4 Å². The molecule has 1 heterocycles. The Morgan fingerprint density at radius 2 is 2.09 bits per heavy atom. The number of hydrogen-bond acceptors (Lipinski definition) is 5. The number of hydrogen-bond donors (Lipinski definition) is 2. The van der Waals surface area contributed by atoms with E-state index in [1.54, 1.807) is 7.05 Å². The Morgan fingerprint density at radius 3 is 2.74 bits per heavy atom. The van der Waals surface area contributed by atoms with E-state index in [2.05, 4.69) is 20.4 Å². The number of nitrogens with one attached hydrogen (secondary N) is 2. The summed E-state index contributed by atoms with van der Waals surface area (Å²) >= 11 is 0. The quantitative estimate of drug-likeness (QED) is 0.282. The van der Waals surface area contributed by atoms with E-state index in [0.717, 1.165) is 52.2 Å². The van der Waals surface area contributed by atoms with Crippen molar-refractivity contribution >= 4 is 11.9 Å². The lowest BCUT2D eigenvalue weighted by molar-refractivity contribution is -0.144. The summed E-state index contributed by atoms with van der Waals surface area (Å²) in [6.07, 6.45) is 3.12. The highest BCUT2D eigenvalue weighted by Crippen LogP contribution is 2.14. The van der Waals surface area contributed by atoms with Crippen molar-refractivity contribution in [2.45, 2.75) is 26.2 Å². The molecule has 1 aliphatic heterocycles. The molecule has 0 aromatic heterocycles. The van der Waals surface area contributed by atoms with Gasteiger partial charge < -0.3 is 24.8 Å². The Kier molecular flexibility index (Phi) is 10.4. The molecule has 0 saturated carbocycles. The average Bonchev–Trinajstić information content (AvgIpc) is 2.60. The van der Waals surface area contributed by atoms with Crippen molar-refractivity contribution in [3.05, 3.63) is 0 Å². The Bertz CT molecular complexity index is 357. The predicted molar refractivity (Wildman–Crippen MR) is 89.5 cm³/mol. The minimum Gasteiger partial charge on any atom is -0.469 e. The highest BCUT2D eigenvalue weighted by molar-refractivity contribution is 5.80. The van der Waals surface area contributed by atoms with Crippen LogP contribution in [0.4, 0.5) is 0 Å². The highest BCUT2D eigenvalue weighted by Gasteiger charge is 2.14. The van der Waals surface area contributed by atoms with Crippen LogP contribution in [0.5, 0.6) is 0 Å². The lowest BCUT2D eigenvalue weighted by Gasteiger charge is -2.21. The average molecular weight is 329 g/mol. The van der Waals surface area contributed by atoms with Gasteiger partial charge >= 0.3 is 5.97 Å². The molecule has 23 heavy (non-hydrogen) atoms. The van der Waals surface area contributed by atoms with Crippen LogP contribution < -0.4 is 10.6 Å². The van der Waals surface area contributed by atoms with Crippen LogP contribution in [0.1, 0.15) is 26.2 Å². The standard InChI is InChI=1S/C16H31N3O4/c1-13(15(20)21-3)11-19-16(17-2)18-7-4-8-23-12-14-5-9-22-10-6-14/h13-14H,4-12H2,1-3H3,(H2,17,18,19). The maximum Gasteiger partial charge on any atom is 0.310 e. The molecule has 0 aromatic carbocycles. The fourth-order valence-electron chi connectivity index (χ4n) is 2.30. The van der Waals surface area contributed by atoms with Crippen LogP contribution in [-0.4, -0.2) is 65.6 Å². The molecule has 1 fully saturated rings. The van der Waals surface area contributed by atoms with E-state index in [4.69, 9.17) is 9.47 Å². The molecule has 134 valence electrons. The summed E-state index contributed by atoms with van der Waals surface area (Å²) in [5.41, 5.74) is 0. The molecule has 0 aliphatic carbocycles. The zero-order valence-corrected chi connectivity index (χ0v) is 14.6. The summed E-state index contributed by atoms with van der Waals surface area (Å²) in [4.78, 5) is 15.5. The molecule has 7 heteroatoms. The fraction of sp³-hybridized carbons (Fsp3) is 0.875. The Hall–Kier alpha value is -1.34. The summed E-state index contributed by atoms with van der Waals surface area (Å²) < 4.78 is 15.7. The van der Waals surface area contributed by atoms with Crippen LogP contribution in [-0.2, 0) is 19.0 Å². The highest BCUT2D eigenvalue weighted by atomic mass is 16.5. The van der Waals surface area contributed by atoms with Gasteiger partial charge in [-0.3, -0.25) is 9.79 Å². The van der Waals surface area contributed by atoms with Crippen LogP contribution in [0, 0.1) is 11.8 Å². The lowest BCUT2D eigenvalue weighted by Crippen LogP contribution is -2.41. The van der Waals surface area contributed by atoms with Gasteiger partial charge in [-0.2, -0.15) is 0 Å². The molecule has 0 amide bonds. The number of ether oxygens (including phenoxy) is 3. The van der Waals surface area contributed by atoms with Crippen molar-refractivity contribution < 1.29 is 19.0 Å². The third-order valence-corrected chi connectivity index (χ3v) is 3.86. The van der Waals surface area contributed by atoms with Crippen molar-refractivity contribution in [3.63, 3.8) is 0 Å². The number of carbonyl (C=O) groups is 1.